The lowest BCUT2D eigenvalue weighted by Crippen LogP contribution is -2.33. The Morgan fingerprint density at radius 3 is 2.45 bits per heavy atom. The summed E-state index contributed by atoms with van der Waals surface area (Å²) in [6.07, 6.45) is -0.447. The van der Waals surface area contributed by atoms with Crippen LogP contribution in [-0.4, -0.2) is 51.1 Å². The van der Waals surface area contributed by atoms with E-state index >= 15 is 0 Å². The molecule has 0 saturated carbocycles. The van der Waals surface area contributed by atoms with E-state index in [-0.39, 0.29) is 24.0 Å². The molecule has 0 N–H and O–H groups in total. The monoisotopic (exact) mass is 546 g/mol. The molecule has 8 heteroatoms. The van der Waals surface area contributed by atoms with Crippen LogP contribution in [0.3, 0.4) is 0 Å². The van der Waals surface area contributed by atoms with E-state index in [4.69, 9.17) is 28.4 Å². The summed E-state index contributed by atoms with van der Waals surface area (Å²) in [5, 5.41) is 0. The fraction of sp³-hybridized carbons (Fsp3) is 0.375. The van der Waals surface area contributed by atoms with Gasteiger partial charge in [-0.2, -0.15) is 0 Å². The first kappa shape index (κ1) is 27.5. The van der Waals surface area contributed by atoms with Crippen molar-refractivity contribution in [2.75, 3.05) is 26.9 Å². The molecule has 2 aliphatic rings. The number of hydrogen-bond donors (Lipinski definition) is 0. The minimum absolute atomic E-state index is 0.00162. The van der Waals surface area contributed by atoms with E-state index in [1.807, 2.05) is 42.5 Å². The Kier molecular flexibility index (Phi) is 8.26. The molecule has 0 spiro atoms. The summed E-state index contributed by atoms with van der Waals surface area (Å²) in [5.41, 5.74) is 6.42. The molecule has 1 saturated heterocycles. The van der Waals surface area contributed by atoms with Gasteiger partial charge in [0.25, 0.3) is 0 Å². The van der Waals surface area contributed by atoms with E-state index in [1.54, 1.807) is 0 Å². The third kappa shape index (κ3) is 6.23. The Morgan fingerprint density at radius 2 is 1.70 bits per heavy atom. The Bertz CT molecular complexity index is 1370. The average Bonchev–Trinajstić information content (AvgIpc) is 3.53. The summed E-state index contributed by atoms with van der Waals surface area (Å²) in [6, 6.07) is 18.1. The molecule has 0 bridgehead atoms. The third-order valence-corrected chi connectivity index (χ3v) is 7.22. The van der Waals surface area contributed by atoms with Crippen LogP contribution >= 0.6 is 0 Å². The lowest BCUT2D eigenvalue weighted by atomic mass is 9.94. The van der Waals surface area contributed by atoms with Crippen LogP contribution in [0.2, 0.25) is 0 Å². The molecule has 3 aromatic rings. The maximum atomic E-state index is 11.7. The summed E-state index contributed by atoms with van der Waals surface area (Å²) in [4.78, 5) is 23.1. The highest BCUT2D eigenvalue weighted by atomic mass is 16.6. The van der Waals surface area contributed by atoms with E-state index in [9.17, 15) is 9.59 Å². The number of benzene rings is 3. The first-order valence-corrected chi connectivity index (χ1v) is 13.4. The number of hydrogen-bond acceptors (Lipinski definition) is 8. The van der Waals surface area contributed by atoms with E-state index in [1.165, 1.54) is 14.0 Å². The maximum Gasteiger partial charge on any atom is 0.306 e. The van der Waals surface area contributed by atoms with Crippen LogP contribution < -0.4 is 14.2 Å². The number of methoxy groups -OCH3 is 1. The van der Waals surface area contributed by atoms with Gasteiger partial charge in [-0.1, -0.05) is 24.3 Å². The normalized spacial score (nSPS) is 19.4. The van der Waals surface area contributed by atoms with E-state index in [2.05, 4.69) is 26.0 Å². The molecule has 3 aromatic carbocycles. The maximum absolute atomic E-state index is 11.7. The SMILES string of the molecule is COC(=O)C[C@@H]1COc2cc(OCc3cccc(-c4c(C)cc(O[C@H]5COC[C@@H]5OC(C)=O)cc4C)c3)ccc21. The first-order chi connectivity index (χ1) is 19.3. The summed E-state index contributed by atoms with van der Waals surface area (Å²) in [7, 11) is 1.40. The van der Waals surface area contributed by atoms with Crippen LogP contribution in [0.5, 0.6) is 17.2 Å². The number of rotatable bonds is 9. The van der Waals surface area contributed by atoms with Crippen molar-refractivity contribution in [3.8, 4) is 28.4 Å². The van der Waals surface area contributed by atoms with Gasteiger partial charge < -0.3 is 28.4 Å². The van der Waals surface area contributed by atoms with Gasteiger partial charge in [-0.3, -0.25) is 9.59 Å². The van der Waals surface area contributed by atoms with Gasteiger partial charge in [0.1, 0.15) is 23.9 Å². The molecule has 1 fully saturated rings. The Labute approximate surface area is 234 Å². The predicted octanol–water partition coefficient (Wildman–Crippen LogP) is 5.30. The van der Waals surface area contributed by atoms with Crippen LogP contribution in [0.15, 0.2) is 54.6 Å². The molecule has 2 heterocycles. The van der Waals surface area contributed by atoms with Gasteiger partial charge in [-0.25, -0.2) is 0 Å². The molecule has 8 nitrogen and oxygen atoms in total. The summed E-state index contributed by atoms with van der Waals surface area (Å²) < 4.78 is 33.7. The minimum Gasteiger partial charge on any atom is -0.492 e. The topological polar surface area (TPSA) is 89.5 Å². The molecule has 3 atom stereocenters. The van der Waals surface area contributed by atoms with E-state index in [0.717, 1.165) is 44.9 Å². The molecular formula is C32H34O8. The van der Waals surface area contributed by atoms with Gasteiger partial charge in [0.05, 0.1) is 33.4 Å². The standard InChI is InChI=1S/C32H34O8/c1-19-10-26(40-30-18-36-17-29(30)39-21(3)33)11-20(2)32(19)23-7-5-6-22(12-23)15-37-25-8-9-27-24(13-31(34)35-4)16-38-28(27)14-25/h5-12,14,24,29-30H,13,15-18H2,1-4H3/t24-,29+,30+/m1/s1. The lowest BCUT2D eigenvalue weighted by Gasteiger charge is -2.21. The van der Waals surface area contributed by atoms with Crippen LogP contribution in [0.1, 0.15) is 41.5 Å². The minimum atomic E-state index is -0.409. The second kappa shape index (κ2) is 12.0. The highest BCUT2D eigenvalue weighted by Crippen LogP contribution is 2.39. The van der Waals surface area contributed by atoms with Crippen molar-refractivity contribution in [3.63, 3.8) is 0 Å². The van der Waals surface area contributed by atoms with Gasteiger partial charge in [0.2, 0.25) is 0 Å². The average molecular weight is 547 g/mol. The zero-order valence-electron chi connectivity index (χ0n) is 23.2. The van der Waals surface area contributed by atoms with Crippen molar-refractivity contribution in [1.29, 1.82) is 0 Å². The molecule has 0 radical (unpaired) electrons. The zero-order chi connectivity index (χ0) is 28.2. The van der Waals surface area contributed by atoms with E-state index < -0.39 is 6.10 Å². The summed E-state index contributed by atoms with van der Waals surface area (Å²) >= 11 is 0. The van der Waals surface area contributed by atoms with Crippen LogP contribution in [-0.2, 0) is 30.4 Å². The third-order valence-electron chi connectivity index (χ3n) is 7.22. The van der Waals surface area contributed by atoms with Crippen LogP contribution in [0, 0.1) is 13.8 Å². The predicted molar refractivity (Wildman–Crippen MR) is 148 cm³/mol. The molecule has 2 aliphatic heterocycles. The molecule has 0 amide bonds. The molecule has 0 aliphatic carbocycles. The molecule has 0 unspecified atom stereocenters. The van der Waals surface area contributed by atoms with Crippen molar-refractivity contribution in [1.82, 2.24) is 0 Å². The number of carbonyl (C=O) groups is 2. The number of ether oxygens (including phenoxy) is 6. The van der Waals surface area contributed by atoms with Gasteiger partial charge in [-0.15, -0.1) is 0 Å². The second-order valence-corrected chi connectivity index (χ2v) is 10.3. The highest BCUT2D eigenvalue weighted by molar-refractivity contribution is 5.73. The number of fused-ring (bicyclic) bond motifs is 1. The Morgan fingerprint density at radius 1 is 0.925 bits per heavy atom. The summed E-state index contributed by atoms with van der Waals surface area (Å²) in [6.45, 7) is 7.09. The molecule has 210 valence electrons. The van der Waals surface area contributed by atoms with Crippen molar-refractivity contribution in [3.05, 3.63) is 76.9 Å². The zero-order valence-corrected chi connectivity index (χ0v) is 23.2. The second-order valence-electron chi connectivity index (χ2n) is 10.3. The molecule has 0 aromatic heterocycles. The number of esters is 2. The first-order valence-electron chi connectivity index (χ1n) is 13.4. The summed E-state index contributed by atoms with van der Waals surface area (Å²) in [5.74, 6) is 1.59. The van der Waals surface area contributed by atoms with Crippen molar-refractivity contribution in [2.45, 2.75) is 51.9 Å². The molecule has 5 rings (SSSR count). The van der Waals surface area contributed by atoms with Crippen molar-refractivity contribution < 1.29 is 38.0 Å². The van der Waals surface area contributed by atoms with Crippen LogP contribution in [0.4, 0.5) is 0 Å². The van der Waals surface area contributed by atoms with Crippen LogP contribution in [0.25, 0.3) is 11.1 Å². The van der Waals surface area contributed by atoms with Gasteiger partial charge >= 0.3 is 11.9 Å². The molecule has 40 heavy (non-hydrogen) atoms. The smallest absolute Gasteiger partial charge is 0.306 e. The highest BCUT2D eigenvalue weighted by Gasteiger charge is 2.33. The molecular weight excluding hydrogens is 512 g/mol. The lowest BCUT2D eigenvalue weighted by molar-refractivity contribution is -0.149. The Balaban J connectivity index is 1.26. The van der Waals surface area contributed by atoms with Gasteiger partial charge in [0.15, 0.2) is 12.2 Å². The van der Waals surface area contributed by atoms with Crippen molar-refractivity contribution >= 4 is 11.9 Å². The quantitative estimate of drug-likeness (QED) is 0.334. The number of carbonyl (C=O) groups excluding carboxylic acids is 2. The van der Waals surface area contributed by atoms with E-state index in [0.29, 0.717) is 38.6 Å². The number of aryl methyl sites for hydroxylation is 2. The fourth-order valence-corrected chi connectivity index (χ4v) is 5.35. The van der Waals surface area contributed by atoms with Crippen molar-refractivity contribution in [2.24, 2.45) is 0 Å². The fourth-order valence-electron chi connectivity index (χ4n) is 5.35. The van der Waals surface area contributed by atoms with Gasteiger partial charge in [-0.05, 0) is 65.9 Å². The van der Waals surface area contributed by atoms with Gasteiger partial charge in [0, 0.05) is 24.5 Å². The largest absolute Gasteiger partial charge is 0.492 e. The Hall–Kier alpha value is -4.04.